The van der Waals surface area contributed by atoms with Crippen molar-refractivity contribution >= 4 is 38.2 Å². The molecule has 3 heterocycles. The zero-order valence-corrected chi connectivity index (χ0v) is 22.3. The molecule has 190 valence electrons. The Labute approximate surface area is 211 Å². The van der Waals surface area contributed by atoms with E-state index in [1.807, 2.05) is 12.3 Å². The number of hydrogen-bond acceptors (Lipinski definition) is 5. The molecule has 1 amide bonds. The molecular formula is C26H35N3O4S2. The molecular weight excluding hydrogens is 482 g/mol. The maximum absolute atomic E-state index is 12.3. The molecule has 1 unspecified atom stereocenters. The number of nitrogens with two attached hydrogens (primary N) is 1. The average Bonchev–Trinajstić information content (AvgIpc) is 3.49. The molecule has 0 radical (unpaired) electrons. The van der Waals surface area contributed by atoms with Crippen LogP contribution in [0.3, 0.4) is 0 Å². The van der Waals surface area contributed by atoms with Crippen LogP contribution < -0.4 is 5.73 Å². The number of aromatic nitrogens is 1. The van der Waals surface area contributed by atoms with Gasteiger partial charge in [0.15, 0.2) is 0 Å². The number of H-pyrrole nitrogens is 1. The fourth-order valence-corrected chi connectivity index (χ4v) is 7.12. The zero-order chi connectivity index (χ0) is 25.2. The summed E-state index contributed by atoms with van der Waals surface area (Å²) in [7, 11) is -1.44. The molecule has 7 nitrogen and oxygen atoms in total. The number of rotatable bonds is 10. The summed E-state index contributed by atoms with van der Waals surface area (Å²) >= 11 is 1.75. The lowest BCUT2D eigenvalue weighted by Gasteiger charge is -2.31. The molecule has 1 saturated heterocycles. The lowest BCUT2D eigenvalue weighted by atomic mass is 9.89. The van der Waals surface area contributed by atoms with Gasteiger partial charge in [-0.2, -0.15) is 0 Å². The van der Waals surface area contributed by atoms with Gasteiger partial charge < -0.3 is 15.5 Å². The number of amides is 1. The minimum atomic E-state index is -3.17. The van der Waals surface area contributed by atoms with Crippen molar-refractivity contribution in [2.45, 2.75) is 45.4 Å². The highest BCUT2D eigenvalue weighted by molar-refractivity contribution is 7.89. The fraction of sp³-hybridized carbons (Fsp3) is 0.500. The third kappa shape index (κ3) is 5.63. The summed E-state index contributed by atoms with van der Waals surface area (Å²) in [4.78, 5) is 18.0. The first-order chi connectivity index (χ1) is 16.7. The zero-order valence-electron chi connectivity index (χ0n) is 20.7. The maximum atomic E-state index is 12.3. The number of carbonyl (C=O) groups is 1. The van der Waals surface area contributed by atoms with E-state index in [0.29, 0.717) is 24.6 Å². The molecule has 1 aliphatic rings. The third-order valence-corrected chi connectivity index (χ3v) is 10.1. The molecule has 9 heteroatoms. The number of ether oxygens (including phenoxy) is 1. The lowest BCUT2D eigenvalue weighted by Crippen LogP contribution is -2.38. The number of thiophene rings is 1. The second-order valence-electron chi connectivity index (χ2n) is 9.49. The summed E-state index contributed by atoms with van der Waals surface area (Å²) in [6.45, 7) is 5.68. The van der Waals surface area contributed by atoms with Gasteiger partial charge in [0.2, 0.25) is 10.0 Å². The van der Waals surface area contributed by atoms with Gasteiger partial charge in [0.05, 0.1) is 16.8 Å². The number of sulfonamides is 1. The van der Waals surface area contributed by atoms with Crippen LogP contribution in [-0.2, 0) is 21.2 Å². The van der Waals surface area contributed by atoms with Crippen LogP contribution >= 0.6 is 11.3 Å². The first-order valence-corrected chi connectivity index (χ1v) is 14.7. The molecule has 1 aliphatic heterocycles. The van der Waals surface area contributed by atoms with Gasteiger partial charge in [-0.05, 0) is 79.8 Å². The van der Waals surface area contributed by atoms with Gasteiger partial charge >= 0.3 is 0 Å². The number of hydrogen-bond donors (Lipinski definition) is 2. The van der Waals surface area contributed by atoms with Crippen LogP contribution in [0.1, 0.15) is 59.8 Å². The van der Waals surface area contributed by atoms with E-state index in [1.165, 1.54) is 4.88 Å². The van der Waals surface area contributed by atoms with Gasteiger partial charge in [-0.25, -0.2) is 12.7 Å². The highest BCUT2D eigenvalue weighted by Gasteiger charge is 2.29. The Kier molecular flexibility index (Phi) is 8.00. The van der Waals surface area contributed by atoms with Gasteiger partial charge in [0.1, 0.15) is 0 Å². The van der Waals surface area contributed by atoms with Crippen molar-refractivity contribution in [2.75, 3.05) is 32.6 Å². The van der Waals surface area contributed by atoms with E-state index in [0.717, 1.165) is 59.2 Å². The molecule has 1 aromatic carbocycles. The number of benzene rings is 1. The van der Waals surface area contributed by atoms with Crippen LogP contribution in [0.15, 0.2) is 30.5 Å². The number of methoxy groups -OCH3 is 1. The van der Waals surface area contributed by atoms with Crippen molar-refractivity contribution in [1.82, 2.24) is 9.29 Å². The maximum Gasteiger partial charge on any atom is 0.250 e. The Hall–Kier alpha value is -2.20. The monoisotopic (exact) mass is 517 g/mol. The largest absolute Gasteiger partial charge is 0.384 e. The second-order valence-corrected chi connectivity index (χ2v) is 12.9. The van der Waals surface area contributed by atoms with Gasteiger partial charge in [0.25, 0.3) is 5.91 Å². The highest BCUT2D eigenvalue weighted by atomic mass is 32.2. The molecule has 4 rings (SSSR count). The second kappa shape index (κ2) is 10.8. The molecule has 1 atom stereocenters. The highest BCUT2D eigenvalue weighted by Crippen LogP contribution is 2.38. The van der Waals surface area contributed by atoms with Crippen LogP contribution in [0.25, 0.3) is 21.3 Å². The van der Waals surface area contributed by atoms with Crippen LogP contribution in [-0.4, -0.2) is 56.2 Å². The molecule has 2 aromatic heterocycles. The molecule has 0 aliphatic carbocycles. The third-order valence-electron chi connectivity index (χ3n) is 7.02. The average molecular weight is 518 g/mol. The summed E-state index contributed by atoms with van der Waals surface area (Å²) < 4.78 is 31.4. The minimum Gasteiger partial charge on any atom is -0.384 e. The minimum absolute atomic E-state index is 0.129. The van der Waals surface area contributed by atoms with Crippen molar-refractivity contribution < 1.29 is 17.9 Å². The smallest absolute Gasteiger partial charge is 0.250 e. The Morgan fingerprint density at radius 1 is 1.29 bits per heavy atom. The molecule has 1 fully saturated rings. The molecule has 0 saturated carbocycles. The summed E-state index contributed by atoms with van der Waals surface area (Å²) in [6, 6.07) is 8.30. The van der Waals surface area contributed by atoms with Crippen molar-refractivity contribution in [1.29, 1.82) is 0 Å². The quantitative estimate of drug-likeness (QED) is 0.405. The van der Waals surface area contributed by atoms with E-state index in [-0.39, 0.29) is 11.7 Å². The van der Waals surface area contributed by atoms with Crippen LogP contribution in [0, 0.1) is 5.92 Å². The Bertz CT molecular complexity index is 1290. The van der Waals surface area contributed by atoms with Crippen molar-refractivity contribution in [2.24, 2.45) is 11.7 Å². The number of nitrogens with zero attached hydrogens (tertiary/aromatic N) is 1. The van der Waals surface area contributed by atoms with Crippen molar-refractivity contribution in [3.05, 3.63) is 46.5 Å². The summed E-state index contributed by atoms with van der Waals surface area (Å²) in [5, 5.41) is 0.997. The van der Waals surface area contributed by atoms with E-state index in [9.17, 15) is 13.2 Å². The first kappa shape index (κ1) is 25.9. The van der Waals surface area contributed by atoms with E-state index < -0.39 is 15.9 Å². The SMILES string of the molecule is CCS(=O)(=O)N1CCC(c2c[nH]c3c(C(N)=O)cc(-c4ccc(CCC(C)COC)s4)cc23)CC1. The topological polar surface area (TPSA) is 105 Å². The number of primary amides is 1. The summed E-state index contributed by atoms with van der Waals surface area (Å²) in [5.41, 5.74) is 9.12. The number of fused-ring (bicyclic) bond motifs is 1. The Morgan fingerprint density at radius 2 is 2.03 bits per heavy atom. The standard InChI is InChI=1S/C26H35N3O4S2/c1-4-35(31,32)29-11-9-18(10-12-29)23-15-28-25-21(23)13-19(14-22(25)26(27)30)24-8-7-20(34-24)6-5-17(2)16-33-3/h7-8,13-15,17-18,28H,4-6,9-12,16H2,1-3H3,(H2,27,30). The van der Waals surface area contributed by atoms with Gasteiger partial charge in [-0.15, -0.1) is 11.3 Å². The van der Waals surface area contributed by atoms with E-state index in [1.54, 1.807) is 29.7 Å². The van der Waals surface area contributed by atoms with Gasteiger partial charge in [-0.3, -0.25) is 4.79 Å². The van der Waals surface area contributed by atoms with Crippen molar-refractivity contribution in [3.8, 4) is 10.4 Å². The first-order valence-electron chi connectivity index (χ1n) is 12.2. The number of nitrogens with one attached hydrogen (secondary N) is 1. The van der Waals surface area contributed by atoms with Crippen molar-refractivity contribution in [3.63, 3.8) is 0 Å². The summed E-state index contributed by atoms with van der Waals surface area (Å²) in [6.07, 6.45) is 5.53. The Morgan fingerprint density at radius 3 is 2.69 bits per heavy atom. The number of carbonyl (C=O) groups excluding carboxylic acids is 1. The van der Waals surface area contributed by atoms with E-state index in [2.05, 4.69) is 30.1 Å². The van der Waals surface area contributed by atoms with Crippen LogP contribution in [0.2, 0.25) is 0 Å². The van der Waals surface area contributed by atoms with Crippen LogP contribution in [0.5, 0.6) is 0 Å². The van der Waals surface area contributed by atoms with E-state index >= 15 is 0 Å². The molecule has 3 aromatic rings. The number of aromatic amines is 1. The number of piperidine rings is 1. The molecule has 3 N–H and O–H groups in total. The van der Waals surface area contributed by atoms with Crippen LogP contribution in [0.4, 0.5) is 0 Å². The lowest BCUT2D eigenvalue weighted by molar-refractivity contribution is 0.100. The number of aryl methyl sites for hydroxylation is 1. The summed E-state index contributed by atoms with van der Waals surface area (Å²) in [5.74, 6) is 0.400. The van der Waals surface area contributed by atoms with Gasteiger partial charge in [-0.1, -0.05) is 6.92 Å². The predicted octanol–water partition coefficient (Wildman–Crippen LogP) is 4.74. The van der Waals surface area contributed by atoms with Gasteiger partial charge in [0, 0.05) is 48.1 Å². The Balaban J connectivity index is 1.61. The molecule has 35 heavy (non-hydrogen) atoms. The molecule has 0 bridgehead atoms. The van der Waals surface area contributed by atoms with E-state index in [4.69, 9.17) is 10.5 Å². The predicted molar refractivity (Wildman–Crippen MR) is 142 cm³/mol. The molecule has 0 spiro atoms. The fourth-order valence-electron chi connectivity index (χ4n) is 4.98. The normalized spacial score (nSPS) is 16.7.